The van der Waals surface area contributed by atoms with E-state index in [9.17, 15) is 5.11 Å². The van der Waals surface area contributed by atoms with Crippen molar-refractivity contribution in [2.75, 3.05) is 11.4 Å². The van der Waals surface area contributed by atoms with E-state index >= 15 is 0 Å². The Balaban J connectivity index is 2.16. The highest BCUT2D eigenvalue weighted by molar-refractivity contribution is 7.15. The average Bonchev–Trinajstić information content (AvgIpc) is 3.07. The summed E-state index contributed by atoms with van der Waals surface area (Å²) >= 11 is 1.68. The Bertz CT molecular complexity index is 410. The van der Waals surface area contributed by atoms with E-state index in [2.05, 4.69) is 32.6 Å². The molecular weight excluding hydrogens is 256 g/mol. The molecular formula is C15H26N2OS. The topological polar surface area (TPSA) is 36.4 Å². The zero-order chi connectivity index (χ0) is 14.0. The zero-order valence-electron chi connectivity index (χ0n) is 12.5. The van der Waals surface area contributed by atoms with Crippen molar-refractivity contribution >= 4 is 16.5 Å². The molecule has 108 valence electrons. The predicted molar refractivity (Wildman–Crippen MR) is 81.9 cm³/mol. The Morgan fingerprint density at radius 3 is 2.42 bits per heavy atom. The molecule has 1 aromatic heterocycles. The van der Waals surface area contributed by atoms with Crippen molar-refractivity contribution < 1.29 is 5.11 Å². The van der Waals surface area contributed by atoms with Gasteiger partial charge in [-0.2, -0.15) is 0 Å². The fourth-order valence-corrected chi connectivity index (χ4v) is 3.43. The van der Waals surface area contributed by atoms with Crippen LogP contribution in [-0.4, -0.2) is 22.7 Å². The van der Waals surface area contributed by atoms with Gasteiger partial charge in [-0.3, -0.25) is 0 Å². The number of rotatable bonds is 7. The molecule has 1 aromatic rings. The van der Waals surface area contributed by atoms with E-state index < -0.39 is 0 Å². The first-order valence-corrected chi connectivity index (χ1v) is 8.21. The zero-order valence-corrected chi connectivity index (χ0v) is 13.3. The number of anilines is 1. The first-order valence-electron chi connectivity index (χ1n) is 7.40. The van der Waals surface area contributed by atoms with E-state index in [1.165, 1.54) is 19.3 Å². The molecule has 0 aromatic carbocycles. The molecule has 1 heterocycles. The van der Waals surface area contributed by atoms with E-state index in [0.717, 1.165) is 28.2 Å². The van der Waals surface area contributed by atoms with Crippen molar-refractivity contribution in [1.29, 1.82) is 0 Å². The molecule has 4 heteroatoms. The first kappa shape index (κ1) is 14.8. The van der Waals surface area contributed by atoms with Gasteiger partial charge in [0.25, 0.3) is 0 Å². The summed E-state index contributed by atoms with van der Waals surface area (Å²) in [7, 11) is 0. The number of aromatic nitrogens is 1. The predicted octanol–water partition coefficient (Wildman–Crippen LogP) is 3.77. The summed E-state index contributed by atoms with van der Waals surface area (Å²) in [4.78, 5) is 8.31. The minimum atomic E-state index is 0.119. The van der Waals surface area contributed by atoms with E-state index in [1.807, 2.05) is 0 Å². The number of nitrogens with zero attached hydrogens (tertiary/aromatic N) is 2. The number of thiazole rings is 1. The monoisotopic (exact) mass is 282 g/mol. The molecule has 2 rings (SSSR count). The number of aliphatic hydroxyl groups is 1. The standard InChI is InChI=1S/C15H26N2OS/c1-10(2)7-8-17(12-5-6-12)15-16-14(11(3)4)13(9-18)19-15/h10-12,18H,5-9H2,1-4H3. The summed E-state index contributed by atoms with van der Waals surface area (Å²) in [6.07, 6.45) is 3.80. The Hall–Kier alpha value is -0.610. The lowest BCUT2D eigenvalue weighted by molar-refractivity contribution is 0.283. The number of hydrogen-bond donors (Lipinski definition) is 1. The van der Waals surface area contributed by atoms with Gasteiger partial charge in [-0.05, 0) is 31.1 Å². The molecule has 1 N–H and O–H groups in total. The molecule has 1 aliphatic carbocycles. The molecule has 1 aliphatic rings. The highest BCUT2D eigenvalue weighted by Crippen LogP contribution is 2.37. The maximum absolute atomic E-state index is 9.49. The molecule has 3 nitrogen and oxygen atoms in total. The molecule has 1 fully saturated rings. The molecule has 0 aliphatic heterocycles. The lowest BCUT2D eigenvalue weighted by Crippen LogP contribution is -2.27. The van der Waals surface area contributed by atoms with Gasteiger partial charge in [0.15, 0.2) is 5.13 Å². The Labute approximate surface area is 120 Å². The second kappa shape index (κ2) is 6.23. The van der Waals surface area contributed by atoms with Gasteiger partial charge in [0, 0.05) is 12.6 Å². The van der Waals surface area contributed by atoms with Crippen LogP contribution in [0.3, 0.4) is 0 Å². The third-order valence-corrected chi connectivity index (χ3v) is 4.68. The van der Waals surface area contributed by atoms with Crippen LogP contribution in [0.2, 0.25) is 0 Å². The van der Waals surface area contributed by atoms with Gasteiger partial charge in [0.2, 0.25) is 0 Å². The van der Waals surface area contributed by atoms with Gasteiger partial charge in [0.1, 0.15) is 0 Å². The minimum absolute atomic E-state index is 0.119. The van der Waals surface area contributed by atoms with Crippen LogP contribution in [0, 0.1) is 5.92 Å². The molecule has 1 saturated carbocycles. The summed E-state index contributed by atoms with van der Waals surface area (Å²) in [6.45, 7) is 10.0. The minimum Gasteiger partial charge on any atom is -0.391 e. The largest absolute Gasteiger partial charge is 0.391 e. The quantitative estimate of drug-likeness (QED) is 0.827. The van der Waals surface area contributed by atoms with Crippen molar-refractivity contribution in [3.05, 3.63) is 10.6 Å². The number of hydrogen-bond acceptors (Lipinski definition) is 4. The summed E-state index contributed by atoms with van der Waals surface area (Å²) in [5.74, 6) is 1.11. The van der Waals surface area contributed by atoms with Gasteiger partial charge >= 0.3 is 0 Å². The maximum Gasteiger partial charge on any atom is 0.186 e. The Morgan fingerprint density at radius 1 is 1.32 bits per heavy atom. The van der Waals surface area contributed by atoms with Gasteiger partial charge in [-0.15, -0.1) is 0 Å². The molecule has 0 amide bonds. The van der Waals surface area contributed by atoms with Crippen LogP contribution in [0.1, 0.15) is 63.4 Å². The molecule has 0 radical (unpaired) electrons. The maximum atomic E-state index is 9.49. The summed E-state index contributed by atoms with van der Waals surface area (Å²) in [5.41, 5.74) is 1.08. The molecule has 0 bridgehead atoms. The Kier molecular flexibility index (Phi) is 4.85. The molecule has 0 spiro atoms. The summed E-state index contributed by atoms with van der Waals surface area (Å²) in [6, 6.07) is 0.691. The van der Waals surface area contributed by atoms with Gasteiger partial charge in [-0.25, -0.2) is 4.98 Å². The van der Waals surface area contributed by atoms with Crippen LogP contribution >= 0.6 is 11.3 Å². The lowest BCUT2D eigenvalue weighted by atomic mass is 10.1. The molecule has 0 unspecified atom stereocenters. The van der Waals surface area contributed by atoms with Gasteiger partial charge < -0.3 is 10.0 Å². The van der Waals surface area contributed by atoms with Crippen molar-refractivity contribution in [3.8, 4) is 0 Å². The lowest BCUT2D eigenvalue weighted by Gasteiger charge is -2.22. The first-order chi connectivity index (χ1) is 9.02. The fourth-order valence-electron chi connectivity index (χ4n) is 2.26. The van der Waals surface area contributed by atoms with Gasteiger partial charge in [-0.1, -0.05) is 39.0 Å². The molecule has 19 heavy (non-hydrogen) atoms. The summed E-state index contributed by atoms with van der Waals surface area (Å²) in [5, 5.41) is 10.6. The van der Waals surface area contributed by atoms with E-state index in [0.29, 0.717) is 12.0 Å². The van der Waals surface area contributed by atoms with E-state index in [1.54, 1.807) is 11.3 Å². The van der Waals surface area contributed by atoms with E-state index in [4.69, 9.17) is 4.98 Å². The molecule has 0 saturated heterocycles. The molecule has 0 atom stereocenters. The van der Waals surface area contributed by atoms with E-state index in [-0.39, 0.29) is 6.61 Å². The highest BCUT2D eigenvalue weighted by atomic mass is 32.1. The van der Waals surface area contributed by atoms with Crippen LogP contribution in [0.15, 0.2) is 0 Å². The normalized spacial score (nSPS) is 15.5. The second-order valence-corrected chi connectivity index (χ2v) is 7.29. The van der Waals surface area contributed by atoms with Crippen molar-refractivity contribution in [3.63, 3.8) is 0 Å². The van der Waals surface area contributed by atoms with Crippen LogP contribution < -0.4 is 4.90 Å². The third kappa shape index (κ3) is 3.69. The van der Waals surface area contributed by atoms with Crippen molar-refractivity contribution in [2.45, 2.75) is 65.5 Å². The fraction of sp³-hybridized carbons (Fsp3) is 0.800. The van der Waals surface area contributed by atoms with Crippen LogP contribution in [0.25, 0.3) is 0 Å². The van der Waals surface area contributed by atoms with Crippen molar-refractivity contribution in [2.24, 2.45) is 5.92 Å². The van der Waals surface area contributed by atoms with Crippen molar-refractivity contribution in [1.82, 2.24) is 4.98 Å². The second-order valence-electron chi connectivity index (χ2n) is 6.22. The van der Waals surface area contributed by atoms with Crippen LogP contribution in [0.4, 0.5) is 5.13 Å². The average molecular weight is 282 g/mol. The summed E-state index contributed by atoms with van der Waals surface area (Å²) < 4.78 is 0. The number of aliphatic hydroxyl groups excluding tert-OH is 1. The SMILES string of the molecule is CC(C)CCN(c1nc(C(C)C)c(CO)s1)C1CC1. The van der Waals surface area contributed by atoms with Crippen LogP contribution in [-0.2, 0) is 6.61 Å². The van der Waals surface area contributed by atoms with Gasteiger partial charge in [0.05, 0.1) is 17.2 Å². The Morgan fingerprint density at radius 2 is 2.00 bits per heavy atom. The highest BCUT2D eigenvalue weighted by Gasteiger charge is 2.31. The van der Waals surface area contributed by atoms with Crippen LogP contribution in [0.5, 0.6) is 0 Å². The smallest absolute Gasteiger partial charge is 0.186 e. The third-order valence-electron chi connectivity index (χ3n) is 3.59.